The van der Waals surface area contributed by atoms with Crippen molar-refractivity contribution in [2.75, 3.05) is 43.4 Å². The maximum Gasteiger partial charge on any atom is 0.255 e. The van der Waals surface area contributed by atoms with E-state index in [-0.39, 0.29) is 24.2 Å². The Morgan fingerprint density at radius 1 is 0.848 bits per heavy atom. The minimum atomic E-state index is -0.316. The molecule has 7 heteroatoms. The lowest BCUT2D eigenvalue weighted by Gasteiger charge is -2.35. The van der Waals surface area contributed by atoms with Crippen molar-refractivity contribution in [3.63, 3.8) is 0 Å². The van der Waals surface area contributed by atoms with Crippen LogP contribution >= 0.6 is 0 Å². The van der Waals surface area contributed by atoms with Gasteiger partial charge in [-0.2, -0.15) is 0 Å². The lowest BCUT2D eigenvalue weighted by molar-refractivity contribution is 0.0949. The summed E-state index contributed by atoms with van der Waals surface area (Å²) in [6.07, 6.45) is 0. The number of benzene rings is 3. The Kier molecular flexibility index (Phi) is 7.00. The molecule has 33 heavy (non-hydrogen) atoms. The predicted molar refractivity (Wildman–Crippen MR) is 128 cm³/mol. The monoisotopic (exact) mass is 446 g/mol. The molecule has 0 atom stereocenters. The molecule has 3 aromatic rings. The summed E-state index contributed by atoms with van der Waals surface area (Å²) < 4.78 is 13.1. The van der Waals surface area contributed by atoms with E-state index < -0.39 is 0 Å². The first kappa shape index (κ1) is 22.5. The van der Waals surface area contributed by atoms with Crippen molar-refractivity contribution in [1.29, 1.82) is 0 Å². The molecule has 4 rings (SSSR count). The molecule has 2 amide bonds. The van der Waals surface area contributed by atoms with Gasteiger partial charge < -0.3 is 20.4 Å². The Hall–Kier alpha value is -3.71. The Morgan fingerprint density at radius 3 is 2.24 bits per heavy atom. The zero-order valence-electron chi connectivity index (χ0n) is 18.6. The Bertz CT molecular complexity index is 1110. The van der Waals surface area contributed by atoms with Crippen LogP contribution in [-0.2, 0) is 6.54 Å². The summed E-state index contributed by atoms with van der Waals surface area (Å²) in [6, 6.07) is 20.4. The normalized spacial score (nSPS) is 14.1. The lowest BCUT2D eigenvalue weighted by Crippen LogP contribution is -2.44. The van der Waals surface area contributed by atoms with Crippen LogP contribution in [0.2, 0.25) is 0 Å². The third kappa shape index (κ3) is 5.75. The van der Waals surface area contributed by atoms with Gasteiger partial charge in [-0.3, -0.25) is 9.59 Å². The molecule has 6 nitrogen and oxygen atoms in total. The molecule has 0 bridgehead atoms. The average molecular weight is 447 g/mol. The third-order valence-electron chi connectivity index (χ3n) is 5.75. The smallest absolute Gasteiger partial charge is 0.255 e. The van der Waals surface area contributed by atoms with Crippen LogP contribution < -0.4 is 15.5 Å². The van der Waals surface area contributed by atoms with Crippen molar-refractivity contribution in [2.45, 2.75) is 6.54 Å². The molecule has 1 aliphatic rings. The molecular weight excluding hydrogens is 419 g/mol. The van der Waals surface area contributed by atoms with Crippen LogP contribution in [0.3, 0.4) is 0 Å². The van der Waals surface area contributed by atoms with E-state index in [1.165, 1.54) is 12.1 Å². The van der Waals surface area contributed by atoms with Crippen molar-refractivity contribution in [3.05, 3.63) is 95.3 Å². The standard InChI is InChI=1S/C26H27FN4O2/c1-30-13-15-31(16-14-30)24-12-9-21(25(32)28-18-19-7-10-22(27)11-8-19)17-23(24)29-26(33)20-5-3-2-4-6-20/h2-12,17H,13-16,18H2,1H3,(H,28,32)(H,29,33). The minimum absolute atomic E-state index is 0.227. The van der Waals surface area contributed by atoms with Crippen LogP contribution in [0.1, 0.15) is 26.3 Å². The summed E-state index contributed by atoms with van der Waals surface area (Å²) in [4.78, 5) is 30.1. The molecule has 0 aromatic heterocycles. The highest BCUT2D eigenvalue weighted by atomic mass is 19.1. The number of amides is 2. The third-order valence-corrected chi connectivity index (χ3v) is 5.75. The fraction of sp³-hybridized carbons (Fsp3) is 0.231. The second kappa shape index (κ2) is 10.3. The van der Waals surface area contributed by atoms with Gasteiger partial charge in [0.2, 0.25) is 0 Å². The number of hydrogen-bond donors (Lipinski definition) is 2. The fourth-order valence-corrected chi connectivity index (χ4v) is 3.77. The second-order valence-electron chi connectivity index (χ2n) is 8.15. The maximum atomic E-state index is 13.1. The Morgan fingerprint density at radius 2 is 1.55 bits per heavy atom. The summed E-state index contributed by atoms with van der Waals surface area (Å²) in [5.74, 6) is -0.808. The van der Waals surface area contributed by atoms with Gasteiger partial charge in [-0.1, -0.05) is 30.3 Å². The van der Waals surface area contributed by atoms with Crippen LogP contribution in [0.4, 0.5) is 15.8 Å². The highest BCUT2D eigenvalue weighted by Crippen LogP contribution is 2.29. The van der Waals surface area contributed by atoms with Gasteiger partial charge in [-0.15, -0.1) is 0 Å². The SMILES string of the molecule is CN1CCN(c2ccc(C(=O)NCc3ccc(F)cc3)cc2NC(=O)c2ccccc2)CC1. The first-order chi connectivity index (χ1) is 16.0. The number of rotatable bonds is 6. The van der Waals surface area contributed by atoms with E-state index >= 15 is 0 Å². The van der Waals surface area contributed by atoms with Gasteiger partial charge in [-0.25, -0.2) is 4.39 Å². The molecule has 1 aliphatic heterocycles. The van der Waals surface area contributed by atoms with Crippen molar-refractivity contribution in [1.82, 2.24) is 10.2 Å². The molecule has 3 aromatic carbocycles. The number of likely N-dealkylation sites (N-methyl/N-ethyl adjacent to an activating group) is 1. The van der Waals surface area contributed by atoms with Crippen LogP contribution in [0.15, 0.2) is 72.8 Å². The summed E-state index contributed by atoms with van der Waals surface area (Å²) in [6.45, 7) is 3.80. The van der Waals surface area contributed by atoms with Crippen molar-refractivity contribution >= 4 is 23.2 Å². The van der Waals surface area contributed by atoms with Crippen molar-refractivity contribution in [3.8, 4) is 0 Å². The molecular formula is C26H27FN4O2. The van der Waals surface area contributed by atoms with E-state index in [4.69, 9.17) is 0 Å². The largest absolute Gasteiger partial charge is 0.367 e. The van der Waals surface area contributed by atoms with Gasteiger partial charge in [0.1, 0.15) is 5.82 Å². The molecule has 0 radical (unpaired) electrons. The molecule has 1 fully saturated rings. The highest BCUT2D eigenvalue weighted by Gasteiger charge is 2.20. The van der Waals surface area contributed by atoms with Gasteiger partial charge in [0, 0.05) is 43.9 Å². The van der Waals surface area contributed by atoms with Gasteiger partial charge >= 0.3 is 0 Å². The van der Waals surface area contributed by atoms with Crippen molar-refractivity contribution in [2.24, 2.45) is 0 Å². The lowest BCUT2D eigenvalue weighted by atomic mass is 10.1. The fourth-order valence-electron chi connectivity index (χ4n) is 3.77. The zero-order valence-corrected chi connectivity index (χ0v) is 18.6. The van der Waals surface area contributed by atoms with Crippen LogP contribution in [0.5, 0.6) is 0 Å². The second-order valence-corrected chi connectivity index (χ2v) is 8.15. The number of nitrogens with zero attached hydrogens (tertiary/aromatic N) is 2. The number of nitrogens with one attached hydrogen (secondary N) is 2. The van der Waals surface area contributed by atoms with E-state index in [2.05, 4.69) is 27.5 Å². The van der Waals surface area contributed by atoms with Gasteiger partial charge in [0.05, 0.1) is 11.4 Å². The molecule has 170 valence electrons. The average Bonchev–Trinajstić information content (AvgIpc) is 2.84. The van der Waals surface area contributed by atoms with E-state index in [1.54, 1.807) is 36.4 Å². The molecule has 1 saturated heterocycles. The number of hydrogen-bond acceptors (Lipinski definition) is 4. The Labute approximate surface area is 193 Å². The highest BCUT2D eigenvalue weighted by molar-refractivity contribution is 6.07. The Balaban J connectivity index is 1.55. The maximum absolute atomic E-state index is 13.1. The molecule has 0 aliphatic carbocycles. The molecule has 1 heterocycles. The molecule has 0 saturated carbocycles. The summed E-state index contributed by atoms with van der Waals surface area (Å²) in [7, 11) is 2.09. The summed E-state index contributed by atoms with van der Waals surface area (Å²) in [5, 5.41) is 5.85. The molecule has 0 spiro atoms. The predicted octanol–water partition coefficient (Wildman–Crippen LogP) is 3.76. The first-order valence-corrected chi connectivity index (χ1v) is 11.0. The first-order valence-electron chi connectivity index (χ1n) is 11.0. The van der Waals surface area contributed by atoms with Crippen LogP contribution in [-0.4, -0.2) is 49.9 Å². The van der Waals surface area contributed by atoms with Gasteiger partial charge in [-0.05, 0) is 55.1 Å². The van der Waals surface area contributed by atoms with E-state index in [0.717, 1.165) is 37.4 Å². The van der Waals surface area contributed by atoms with Gasteiger partial charge in [0.25, 0.3) is 11.8 Å². The van der Waals surface area contributed by atoms with E-state index in [9.17, 15) is 14.0 Å². The van der Waals surface area contributed by atoms with Crippen LogP contribution in [0, 0.1) is 5.82 Å². The summed E-state index contributed by atoms with van der Waals surface area (Å²) >= 11 is 0. The number of piperazine rings is 1. The molecule has 0 unspecified atom stereocenters. The summed E-state index contributed by atoms with van der Waals surface area (Å²) in [5.41, 5.74) is 3.29. The number of carbonyl (C=O) groups is 2. The topological polar surface area (TPSA) is 64.7 Å². The number of anilines is 2. The molecule has 2 N–H and O–H groups in total. The van der Waals surface area contributed by atoms with Crippen molar-refractivity contribution < 1.29 is 14.0 Å². The quantitative estimate of drug-likeness (QED) is 0.605. The van der Waals surface area contributed by atoms with Gasteiger partial charge in [0.15, 0.2) is 0 Å². The van der Waals surface area contributed by atoms with Crippen LogP contribution in [0.25, 0.3) is 0 Å². The number of halogens is 1. The number of carbonyl (C=O) groups excluding carboxylic acids is 2. The zero-order chi connectivity index (χ0) is 23.2. The van der Waals surface area contributed by atoms with E-state index in [1.807, 2.05) is 24.3 Å². The minimum Gasteiger partial charge on any atom is -0.367 e. The van der Waals surface area contributed by atoms with E-state index in [0.29, 0.717) is 16.8 Å².